The molecule has 1 aliphatic rings. The number of nitrogens with zero attached hydrogens (tertiary/aromatic N) is 5. The molecule has 4 heterocycles. The number of hydrogen-bond acceptors (Lipinski definition) is 5. The second-order valence-corrected chi connectivity index (χ2v) is 8.08. The Morgan fingerprint density at radius 3 is 2.97 bits per heavy atom. The predicted octanol–water partition coefficient (Wildman–Crippen LogP) is 3.69. The summed E-state index contributed by atoms with van der Waals surface area (Å²) >= 11 is 0. The lowest BCUT2D eigenvalue weighted by Gasteiger charge is -2.34. The number of hydrogen-bond donors (Lipinski definition) is 2. The molecule has 7 nitrogen and oxygen atoms in total. The maximum atomic E-state index is 10.4. The normalized spacial score (nSPS) is 22.1. The largest absolute Gasteiger partial charge is 0.390 e. The molecule has 1 aliphatic carbocycles. The van der Waals surface area contributed by atoms with Gasteiger partial charge in [0.25, 0.3) is 0 Å². The van der Waals surface area contributed by atoms with Crippen molar-refractivity contribution in [1.29, 1.82) is 0 Å². The Morgan fingerprint density at radius 1 is 1.21 bits per heavy atom. The molecule has 1 fully saturated rings. The number of rotatable bonds is 4. The minimum absolute atomic E-state index is 0.274. The van der Waals surface area contributed by atoms with Crippen LogP contribution in [0.1, 0.15) is 32.6 Å². The number of pyridine rings is 2. The number of anilines is 1. The van der Waals surface area contributed by atoms with Gasteiger partial charge in [-0.25, -0.2) is 14.6 Å². The molecule has 4 aromatic heterocycles. The Hall–Kier alpha value is -3.19. The molecule has 4 aromatic rings. The standard InChI is InChI=1S/C22H24N6O/c1-22(29)8-2-4-17(13-22)26-18-5-6-20-24-14-19(27(20)15-18)16-7-10-23-21(12-16)28-11-3-9-25-28/h3,5-7,9-12,14-15,17,26,29H,2,4,8,13H2,1H3/t17-,22-/m1/s1. The van der Waals surface area contributed by atoms with E-state index >= 15 is 0 Å². The van der Waals surface area contributed by atoms with Crippen molar-refractivity contribution in [3.05, 3.63) is 61.3 Å². The summed E-state index contributed by atoms with van der Waals surface area (Å²) in [4.78, 5) is 8.97. The third-order valence-electron chi connectivity index (χ3n) is 5.61. The van der Waals surface area contributed by atoms with Crippen LogP contribution in [0.5, 0.6) is 0 Å². The van der Waals surface area contributed by atoms with E-state index in [4.69, 9.17) is 0 Å². The number of fused-ring (bicyclic) bond motifs is 1. The van der Waals surface area contributed by atoms with Gasteiger partial charge in [-0.3, -0.25) is 4.40 Å². The first-order valence-corrected chi connectivity index (χ1v) is 10.00. The van der Waals surface area contributed by atoms with Crippen LogP contribution < -0.4 is 5.32 Å². The Kier molecular flexibility index (Phi) is 4.32. The van der Waals surface area contributed by atoms with Crippen LogP contribution in [0.2, 0.25) is 0 Å². The molecule has 2 atom stereocenters. The number of aliphatic hydroxyl groups is 1. The second-order valence-electron chi connectivity index (χ2n) is 8.08. The van der Waals surface area contributed by atoms with Crippen molar-refractivity contribution >= 4 is 11.3 Å². The van der Waals surface area contributed by atoms with Gasteiger partial charge in [0.1, 0.15) is 5.65 Å². The van der Waals surface area contributed by atoms with Crippen molar-refractivity contribution in [2.24, 2.45) is 0 Å². The highest BCUT2D eigenvalue weighted by Gasteiger charge is 2.29. The minimum atomic E-state index is -0.583. The second kappa shape index (κ2) is 7.00. The number of aromatic nitrogens is 5. The molecular weight excluding hydrogens is 364 g/mol. The van der Waals surface area contributed by atoms with E-state index in [1.807, 2.05) is 43.6 Å². The van der Waals surface area contributed by atoms with Crippen molar-refractivity contribution in [3.63, 3.8) is 0 Å². The molecule has 148 valence electrons. The summed E-state index contributed by atoms with van der Waals surface area (Å²) in [5.74, 6) is 0.765. The minimum Gasteiger partial charge on any atom is -0.390 e. The van der Waals surface area contributed by atoms with E-state index in [0.29, 0.717) is 0 Å². The lowest BCUT2D eigenvalue weighted by atomic mass is 9.83. The van der Waals surface area contributed by atoms with E-state index in [2.05, 4.69) is 37.0 Å². The molecule has 2 N–H and O–H groups in total. The van der Waals surface area contributed by atoms with Gasteiger partial charge in [0, 0.05) is 36.4 Å². The molecule has 0 aliphatic heterocycles. The molecule has 7 heteroatoms. The van der Waals surface area contributed by atoms with Crippen molar-refractivity contribution in [2.45, 2.75) is 44.2 Å². The van der Waals surface area contributed by atoms with E-state index in [1.54, 1.807) is 17.1 Å². The summed E-state index contributed by atoms with van der Waals surface area (Å²) in [6.07, 6.45) is 13.1. The topological polar surface area (TPSA) is 80.3 Å². The smallest absolute Gasteiger partial charge is 0.153 e. The van der Waals surface area contributed by atoms with E-state index in [0.717, 1.165) is 54.1 Å². The quantitative estimate of drug-likeness (QED) is 0.557. The Morgan fingerprint density at radius 2 is 2.14 bits per heavy atom. The third kappa shape index (κ3) is 3.61. The van der Waals surface area contributed by atoms with Gasteiger partial charge in [0.15, 0.2) is 5.82 Å². The van der Waals surface area contributed by atoms with E-state index < -0.39 is 5.60 Å². The molecule has 0 aromatic carbocycles. The number of imidazole rings is 1. The maximum absolute atomic E-state index is 10.4. The highest BCUT2D eigenvalue weighted by Crippen LogP contribution is 2.30. The van der Waals surface area contributed by atoms with Crippen molar-refractivity contribution in [3.8, 4) is 17.1 Å². The summed E-state index contributed by atoms with van der Waals surface area (Å²) in [6, 6.07) is 10.2. The van der Waals surface area contributed by atoms with Crippen molar-refractivity contribution < 1.29 is 5.11 Å². The van der Waals surface area contributed by atoms with Gasteiger partial charge in [0.2, 0.25) is 0 Å². The fourth-order valence-corrected chi connectivity index (χ4v) is 4.21. The average Bonchev–Trinajstić information content (AvgIpc) is 3.37. The highest BCUT2D eigenvalue weighted by molar-refractivity contribution is 5.66. The van der Waals surface area contributed by atoms with Gasteiger partial charge in [-0.1, -0.05) is 0 Å². The maximum Gasteiger partial charge on any atom is 0.153 e. The van der Waals surface area contributed by atoms with Gasteiger partial charge >= 0.3 is 0 Å². The number of nitrogens with one attached hydrogen (secondary N) is 1. The first kappa shape index (κ1) is 17.9. The average molecular weight is 388 g/mol. The summed E-state index contributed by atoms with van der Waals surface area (Å²) in [7, 11) is 0. The Balaban J connectivity index is 1.47. The zero-order chi connectivity index (χ0) is 19.8. The first-order valence-electron chi connectivity index (χ1n) is 10.00. The van der Waals surface area contributed by atoms with Crippen LogP contribution in [-0.4, -0.2) is 40.9 Å². The fourth-order valence-electron chi connectivity index (χ4n) is 4.21. The van der Waals surface area contributed by atoms with Crippen LogP contribution in [0.4, 0.5) is 5.69 Å². The lowest BCUT2D eigenvalue weighted by molar-refractivity contribution is 0.0182. The van der Waals surface area contributed by atoms with Crippen molar-refractivity contribution in [2.75, 3.05) is 5.32 Å². The van der Waals surface area contributed by atoms with Crippen LogP contribution in [0, 0.1) is 0 Å². The van der Waals surface area contributed by atoms with E-state index in [-0.39, 0.29) is 6.04 Å². The van der Waals surface area contributed by atoms with Crippen molar-refractivity contribution in [1.82, 2.24) is 24.1 Å². The zero-order valence-corrected chi connectivity index (χ0v) is 16.4. The van der Waals surface area contributed by atoms with Crippen LogP contribution in [0.3, 0.4) is 0 Å². The van der Waals surface area contributed by atoms with Gasteiger partial charge in [0.05, 0.1) is 23.2 Å². The molecule has 0 amide bonds. The summed E-state index contributed by atoms with van der Waals surface area (Å²) in [6.45, 7) is 1.93. The Labute approximate surface area is 169 Å². The molecule has 0 unspecified atom stereocenters. The van der Waals surface area contributed by atoms with Crippen LogP contribution in [0.15, 0.2) is 61.3 Å². The molecular formula is C22H24N6O. The van der Waals surface area contributed by atoms with Crippen LogP contribution in [-0.2, 0) is 0 Å². The molecule has 0 spiro atoms. The van der Waals surface area contributed by atoms with Crippen LogP contribution >= 0.6 is 0 Å². The third-order valence-corrected chi connectivity index (χ3v) is 5.61. The molecule has 0 radical (unpaired) electrons. The van der Waals surface area contributed by atoms with Crippen LogP contribution in [0.25, 0.3) is 22.7 Å². The highest BCUT2D eigenvalue weighted by atomic mass is 16.3. The molecule has 0 saturated heterocycles. The summed E-state index contributed by atoms with van der Waals surface area (Å²) in [5, 5.41) is 18.2. The Bertz CT molecular complexity index is 1130. The molecule has 1 saturated carbocycles. The monoisotopic (exact) mass is 388 g/mol. The summed E-state index contributed by atoms with van der Waals surface area (Å²) < 4.78 is 3.83. The zero-order valence-electron chi connectivity index (χ0n) is 16.4. The van der Waals surface area contributed by atoms with E-state index in [1.165, 1.54) is 0 Å². The lowest BCUT2D eigenvalue weighted by Crippen LogP contribution is -2.38. The molecule has 0 bridgehead atoms. The first-order chi connectivity index (χ1) is 14.1. The fraction of sp³-hybridized carbons (Fsp3) is 0.318. The van der Waals surface area contributed by atoms with Gasteiger partial charge in [-0.2, -0.15) is 5.10 Å². The predicted molar refractivity (Wildman–Crippen MR) is 112 cm³/mol. The SMILES string of the molecule is C[C@@]1(O)CCC[C@@H](Nc2ccc3ncc(-c4ccnc(-n5cccn5)c4)n3c2)C1. The van der Waals surface area contributed by atoms with Gasteiger partial charge in [-0.15, -0.1) is 0 Å². The van der Waals surface area contributed by atoms with E-state index in [9.17, 15) is 5.11 Å². The van der Waals surface area contributed by atoms with Gasteiger partial charge < -0.3 is 10.4 Å². The molecule has 29 heavy (non-hydrogen) atoms. The van der Waals surface area contributed by atoms with Gasteiger partial charge in [-0.05, 0) is 62.9 Å². The molecule has 5 rings (SSSR count). The summed E-state index contributed by atoms with van der Waals surface area (Å²) in [5.41, 5.74) is 3.35.